The van der Waals surface area contributed by atoms with Crippen LogP contribution >= 0.6 is 0 Å². The molecule has 0 rings (SSSR count). The molecule has 0 aliphatic rings. The Morgan fingerprint density at radius 1 is 0.519 bits per heavy atom. The van der Waals surface area contributed by atoms with Crippen molar-refractivity contribution >= 4 is 0 Å². The van der Waals surface area contributed by atoms with Crippen LogP contribution in [-0.2, 0) is 0 Å². The summed E-state index contributed by atoms with van der Waals surface area (Å²) in [5.41, 5.74) is 0. The van der Waals surface area contributed by atoms with Crippen LogP contribution in [0, 0.1) is 0 Å². The maximum atomic E-state index is 13.0. The van der Waals surface area contributed by atoms with E-state index in [0.717, 1.165) is 0 Å². The fourth-order valence-corrected chi connectivity index (χ4v) is 1.34. The zero-order valence-electron chi connectivity index (χ0n) is 11.7. The van der Waals surface area contributed by atoms with Crippen molar-refractivity contribution in [3.8, 4) is 0 Å². The van der Waals surface area contributed by atoms with Gasteiger partial charge in [0, 0.05) is 0 Å². The monoisotopic (exact) mass is 446 g/mol. The standard InChI is InChI=1S/C10H3F17/c11-2-5(16,17)7(20,21)9(24,25)10(26,27)8(22,23)6(18,19)4(14,15)1-3(12)13/h1H,2H2. The summed E-state index contributed by atoms with van der Waals surface area (Å²) in [5, 5.41) is 0. The van der Waals surface area contributed by atoms with Gasteiger partial charge in [0.25, 0.3) is 6.08 Å². The fraction of sp³-hybridized carbons (Fsp3) is 0.800. The van der Waals surface area contributed by atoms with E-state index in [-0.39, 0.29) is 0 Å². The third kappa shape index (κ3) is 3.40. The minimum atomic E-state index is -8.41. The summed E-state index contributed by atoms with van der Waals surface area (Å²) >= 11 is 0. The first-order valence-corrected chi connectivity index (χ1v) is 5.72. The van der Waals surface area contributed by atoms with Gasteiger partial charge in [-0.1, -0.05) is 0 Å². The van der Waals surface area contributed by atoms with Crippen LogP contribution in [0.5, 0.6) is 0 Å². The van der Waals surface area contributed by atoms with Crippen molar-refractivity contribution in [1.82, 2.24) is 0 Å². The van der Waals surface area contributed by atoms with Gasteiger partial charge in [-0.2, -0.15) is 70.2 Å². The Morgan fingerprint density at radius 2 is 0.815 bits per heavy atom. The van der Waals surface area contributed by atoms with Crippen molar-refractivity contribution in [1.29, 1.82) is 0 Å². The number of rotatable bonds is 8. The third-order valence-corrected chi connectivity index (χ3v) is 2.91. The molecule has 0 amide bonds. The number of alkyl halides is 15. The molecule has 0 bridgehead atoms. The third-order valence-electron chi connectivity index (χ3n) is 2.91. The highest BCUT2D eigenvalue weighted by atomic mass is 19.4. The summed E-state index contributed by atoms with van der Waals surface area (Å²) in [5.74, 6) is -54.6. The molecule has 0 aromatic carbocycles. The van der Waals surface area contributed by atoms with Crippen molar-refractivity contribution in [2.75, 3.05) is 6.67 Å². The molecule has 0 aromatic heterocycles. The normalized spacial score (nSPS) is 15.7. The molecule has 0 aliphatic carbocycles. The van der Waals surface area contributed by atoms with Crippen molar-refractivity contribution in [3.05, 3.63) is 12.2 Å². The highest BCUT2D eigenvalue weighted by Crippen LogP contribution is 2.62. The zero-order chi connectivity index (χ0) is 22.5. The molecule has 162 valence electrons. The first-order chi connectivity index (χ1) is 11.5. The average molecular weight is 446 g/mol. The van der Waals surface area contributed by atoms with Crippen LogP contribution < -0.4 is 0 Å². The average Bonchev–Trinajstić information content (AvgIpc) is 2.44. The van der Waals surface area contributed by atoms with Gasteiger partial charge in [-0.3, -0.25) is 0 Å². The highest BCUT2D eigenvalue weighted by molar-refractivity contribution is 5.17. The van der Waals surface area contributed by atoms with Gasteiger partial charge in [0.15, 0.2) is 6.67 Å². The van der Waals surface area contributed by atoms with Crippen LogP contribution in [0.2, 0.25) is 0 Å². The maximum Gasteiger partial charge on any atom is 0.385 e. The lowest BCUT2D eigenvalue weighted by molar-refractivity contribution is -0.438. The molecular weight excluding hydrogens is 443 g/mol. The van der Waals surface area contributed by atoms with Gasteiger partial charge in [-0.25, -0.2) is 4.39 Å². The van der Waals surface area contributed by atoms with Crippen LogP contribution in [0.4, 0.5) is 74.6 Å². The molecule has 0 saturated heterocycles. The molecule has 17 heteroatoms. The summed E-state index contributed by atoms with van der Waals surface area (Å²) in [7, 11) is 0. The molecule has 0 atom stereocenters. The molecular formula is C10H3F17. The largest absolute Gasteiger partial charge is 0.385 e. The number of hydrogen-bond acceptors (Lipinski definition) is 0. The van der Waals surface area contributed by atoms with Crippen molar-refractivity contribution in [3.63, 3.8) is 0 Å². The summed E-state index contributed by atoms with van der Waals surface area (Å²) in [6.07, 6.45) is -6.29. The molecule has 0 spiro atoms. The molecule has 0 saturated carbocycles. The summed E-state index contributed by atoms with van der Waals surface area (Å²) < 4.78 is 215. The van der Waals surface area contributed by atoms with Gasteiger partial charge in [-0.05, 0) is 0 Å². The first-order valence-electron chi connectivity index (χ1n) is 5.72. The van der Waals surface area contributed by atoms with Gasteiger partial charge in [0.1, 0.15) is 0 Å². The van der Waals surface area contributed by atoms with Crippen molar-refractivity contribution in [2.24, 2.45) is 0 Å². The van der Waals surface area contributed by atoms with Crippen LogP contribution in [0.1, 0.15) is 0 Å². The van der Waals surface area contributed by atoms with Gasteiger partial charge in [0.05, 0.1) is 6.08 Å². The maximum absolute atomic E-state index is 13.0. The molecule has 0 fully saturated rings. The lowest BCUT2D eigenvalue weighted by Gasteiger charge is -2.41. The quantitative estimate of drug-likeness (QED) is 0.391. The van der Waals surface area contributed by atoms with E-state index in [0.29, 0.717) is 0 Å². The Balaban J connectivity index is 6.60. The zero-order valence-corrected chi connectivity index (χ0v) is 11.7. The molecule has 0 unspecified atom stereocenters. The topological polar surface area (TPSA) is 0 Å². The van der Waals surface area contributed by atoms with E-state index in [4.69, 9.17) is 0 Å². The fourth-order valence-electron chi connectivity index (χ4n) is 1.34. The Morgan fingerprint density at radius 3 is 1.11 bits per heavy atom. The lowest BCUT2D eigenvalue weighted by atomic mass is 9.89. The molecule has 0 aliphatic heterocycles. The molecule has 0 N–H and O–H groups in total. The van der Waals surface area contributed by atoms with Crippen LogP contribution in [0.25, 0.3) is 0 Å². The van der Waals surface area contributed by atoms with E-state index in [9.17, 15) is 74.6 Å². The smallest absolute Gasteiger partial charge is 0.244 e. The molecule has 27 heavy (non-hydrogen) atoms. The molecule has 0 radical (unpaired) electrons. The lowest BCUT2D eigenvalue weighted by Crippen LogP contribution is -2.73. The van der Waals surface area contributed by atoms with Crippen molar-refractivity contribution in [2.45, 2.75) is 41.5 Å². The highest BCUT2D eigenvalue weighted by Gasteiger charge is 2.92. The van der Waals surface area contributed by atoms with Crippen LogP contribution in [-0.4, -0.2) is 48.1 Å². The van der Waals surface area contributed by atoms with Crippen LogP contribution in [0.15, 0.2) is 12.2 Å². The predicted molar refractivity (Wildman–Crippen MR) is 50.9 cm³/mol. The second-order valence-corrected chi connectivity index (χ2v) is 4.77. The van der Waals surface area contributed by atoms with E-state index in [2.05, 4.69) is 0 Å². The second kappa shape index (κ2) is 6.56. The summed E-state index contributed by atoms with van der Waals surface area (Å²) in [4.78, 5) is 0. The van der Waals surface area contributed by atoms with Crippen molar-refractivity contribution < 1.29 is 74.6 Å². The van der Waals surface area contributed by atoms with Gasteiger partial charge < -0.3 is 0 Å². The number of allylic oxidation sites excluding steroid dienone is 1. The Hall–Kier alpha value is -1.45. The van der Waals surface area contributed by atoms with Gasteiger partial charge in [0.2, 0.25) is 0 Å². The van der Waals surface area contributed by atoms with E-state index >= 15 is 0 Å². The first kappa shape index (κ1) is 25.6. The van der Waals surface area contributed by atoms with Gasteiger partial charge >= 0.3 is 41.5 Å². The Labute approximate surface area is 136 Å². The SMILES string of the molecule is FCC(F)(F)C(F)(F)C(F)(F)C(F)(F)C(F)(F)C(F)(F)C(F)(F)C=C(F)F. The molecule has 0 heterocycles. The van der Waals surface area contributed by atoms with Gasteiger partial charge in [-0.15, -0.1) is 0 Å². The minimum Gasteiger partial charge on any atom is -0.244 e. The predicted octanol–water partition coefficient (Wildman–Crippen LogP) is 6.18. The van der Waals surface area contributed by atoms with E-state index in [1.807, 2.05) is 0 Å². The Kier molecular flexibility index (Phi) is 6.21. The minimum absolute atomic E-state index is 2.39. The summed E-state index contributed by atoms with van der Waals surface area (Å²) in [6.45, 7) is -3.88. The van der Waals surface area contributed by atoms with E-state index < -0.39 is 60.3 Å². The van der Waals surface area contributed by atoms with E-state index in [1.165, 1.54) is 0 Å². The second-order valence-electron chi connectivity index (χ2n) is 4.77. The van der Waals surface area contributed by atoms with E-state index in [1.54, 1.807) is 0 Å². The Bertz CT molecular complexity index is 566. The molecule has 0 aromatic rings. The summed E-state index contributed by atoms with van der Waals surface area (Å²) in [6, 6.07) is 0. The number of halogens is 17. The molecule has 0 nitrogen and oxygen atoms in total. The van der Waals surface area contributed by atoms with Crippen LogP contribution in [0.3, 0.4) is 0 Å². The number of hydrogen-bond donors (Lipinski definition) is 0.